The van der Waals surface area contributed by atoms with Crippen LogP contribution >= 0.6 is 0 Å². The average Bonchev–Trinajstić information content (AvgIpc) is 2.44. The number of aryl methyl sites for hydroxylation is 2. The number of pyridine rings is 1. The van der Waals surface area contributed by atoms with Crippen molar-refractivity contribution < 1.29 is 4.39 Å². The summed E-state index contributed by atoms with van der Waals surface area (Å²) in [6, 6.07) is 9.38. The molecule has 0 spiro atoms. The smallest absolute Gasteiger partial charge is 0.126 e. The molecular formula is C17H21FN2. The molecule has 1 aromatic carbocycles. The quantitative estimate of drug-likeness (QED) is 0.892. The highest BCUT2D eigenvalue weighted by molar-refractivity contribution is 5.36. The summed E-state index contributed by atoms with van der Waals surface area (Å²) in [6.45, 7) is 6.85. The zero-order valence-corrected chi connectivity index (χ0v) is 12.3. The molecule has 1 heterocycles. The summed E-state index contributed by atoms with van der Waals surface area (Å²) in [7, 11) is 0. The molecule has 0 aliphatic heterocycles. The van der Waals surface area contributed by atoms with Crippen molar-refractivity contribution in [1.82, 2.24) is 10.3 Å². The van der Waals surface area contributed by atoms with Gasteiger partial charge < -0.3 is 5.32 Å². The van der Waals surface area contributed by atoms with E-state index in [1.807, 2.05) is 25.1 Å². The standard InChI is InChI=1S/C17H21FN2/c1-4-9-20-17(15-6-5-10-19-13(15)3)14-7-8-16(18)12(2)11-14/h5-8,10-11,17,20H,4,9H2,1-3H3. The molecule has 0 radical (unpaired) electrons. The van der Waals surface area contributed by atoms with Crippen molar-refractivity contribution in [2.75, 3.05) is 6.54 Å². The highest BCUT2D eigenvalue weighted by atomic mass is 19.1. The summed E-state index contributed by atoms with van der Waals surface area (Å²) in [5.74, 6) is -0.161. The molecule has 2 nitrogen and oxygen atoms in total. The van der Waals surface area contributed by atoms with Gasteiger partial charge in [-0.25, -0.2) is 4.39 Å². The number of rotatable bonds is 5. The number of nitrogens with one attached hydrogen (secondary N) is 1. The van der Waals surface area contributed by atoms with Crippen LogP contribution < -0.4 is 5.32 Å². The Kier molecular flexibility index (Phi) is 4.85. The van der Waals surface area contributed by atoms with Crippen molar-refractivity contribution in [3.05, 3.63) is 64.7 Å². The van der Waals surface area contributed by atoms with Crippen molar-refractivity contribution in [1.29, 1.82) is 0 Å². The van der Waals surface area contributed by atoms with Gasteiger partial charge in [0.25, 0.3) is 0 Å². The summed E-state index contributed by atoms with van der Waals surface area (Å²) in [5.41, 5.74) is 3.90. The van der Waals surface area contributed by atoms with Gasteiger partial charge in [-0.15, -0.1) is 0 Å². The SMILES string of the molecule is CCCNC(c1ccc(F)c(C)c1)c1cccnc1C. The first-order valence-electron chi connectivity index (χ1n) is 7.04. The van der Waals surface area contributed by atoms with Crippen molar-refractivity contribution in [2.24, 2.45) is 0 Å². The Morgan fingerprint density at radius 3 is 2.70 bits per heavy atom. The van der Waals surface area contributed by atoms with Crippen molar-refractivity contribution in [3.63, 3.8) is 0 Å². The minimum absolute atomic E-state index is 0.0583. The fourth-order valence-electron chi connectivity index (χ4n) is 2.35. The topological polar surface area (TPSA) is 24.9 Å². The van der Waals surface area contributed by atoms with Gasteiger partial charge in [-0.05, 0) is 55.6 Å². The van der Waals surface area contributed by atoms with E-state index in [2.05, 4.69) is 23.3 Å². The molecule has 0 saturated heterocycles. The van der Waals surface area contributed by atoms with Crippen LogP contribution in [0.1, 0.15) is 41.8 Å². The van der Waals surface area contributed by atoms with Crippen LogP contribution in [0.4, 0.5) is 4.39 Å². The Hall–Kier alpha value is -1.74. The molecule has 1 unspecified atom stereocenters. The second kappa shape index (κ2) is 6.62. The maximum atomic E-state index is 13.5. The predicted molar refractivity (Wildman–Crippen MR) is 80.2 cm³/mol. The molecule has 1 atom stereocenters. The zero-order valence-electron chi connectivity index (χ0n) is 12.3. The summed E-state index contributed by atoms with van der Waals surface area (Å²) in [5, 5.41) is 3.53. The average molecular weight is 272 g/mol. The first kappa shape index (κ1) is 14.7. The maximum absolute atomic E-state index is 13.5. The highest BCUT2D eigenvalue weighted by Gasteiger charge is 2.16. The third-order valence-electron chi connectivity index (χ3n) is 3.47. The lowest BCUT2D eigenvalue weighted by Crippen LogP contribution is -2.24. The second-order valence-electron chi connectivity index (χ2n) is 5.07. The molecule has 0 aliphatic rings. The number of nitrogens with zero attached hydrogens (tertiary/aromatic N) is 1. The van der Waals surface area contributed by atoms with Gasteiger partial charge in [-0.3, -0.25) is 4.98 Å². The molecule has 0 bridgehead atoms. The van der Waals surface area contributed by atoms with Gasteiger partial charge in [0.1, 0.15) is 5.82 Å². The van der Waals surface area contributed by atoms with Gasteiger partial charge in [-0.1, -0.05) is 25.1 Å². The van der Waals surface area contributed by atoms with Crippen molar-refractivity contribution in [2.45, 2.75) is 33.2 Å². The number of benzene rings is 1. The van der Waals surface area contributed by atoms with E-state index < -0.39 is 0 Å². The molecule has 0 fully saturated rings. The van der Waals surface area contributed by atoms with Crippen LogP contribution in [0.25, 0.3) is 0 Å². The van der Waals surface area contributed by atoms with Gasteiger partial charge >= 0.3 is 0 Å². The molecular weight excluding hydrogens is 251 g/mol. The number of aromatic nitrogens is 1. The Labute approximate surface area is 120 Å². The molecule has 0 aliphatic carbocycles. The van der Waals surface area contributed by atoms with E-state index in [1.165, 1.54) is 6.07 Å². The lowest BCUT2D eigenvalue weighted by molar-refractivity contribution is 0.586. The molecule has 1 N–H and O–H groups in total. The third-order valence-corrected chi connectivity index (χ3v) is 3.47. The van der Waals surface area contributed by atoms with Crippen LogP contribution in [-0.4, -0.2) is 11.5 Å². The molecule has 0 saturated carbocycles. The lowest BCUT2D eigenvalue weighted by atomic mass is 9.96. The normalized spacial score (nSPS) is 12.4. The summed E-state index contributed by atoms with van der Waals surface area (Å²) < 4.78 is 13.5. The van der Waals surface area contributed by atoms with E-state index in [4.69, 9.17) is 0 Å². The number of hydrogen-bond acceptors (Lipinski definition) is 2. The minimum Gasteiger partial charge on any atom is -0.306 e. The van der Waals surface area contributed by atoms with E-state index in [0.29, 0.717) is 5.56 Å². The summed E-state index contributed by atoms with van der Waals surface area (Å²) in [6.07, 6.45) is 2.85. The van der Waals surface area contributed by atoms with Gasteiger partial charge in [0, 0.05) is 11.9 Å². The number of halogens is 1. The molecule has 20 heavy (non-hydrogen) atoms. The van der Waals surface area contributed by atoms with E-state index in [0.717, 1.165) is 29.8 Å². The van der Waals surface area contributed by atoms with Crippen LogP contribution in [0.2, 0.25) is 0 Å². The summed E-state index contributed by atoms with van der Waals surface area (Å²) in [4.78, 5) is 4.36. The Morgan fingerprint density at radius 1 is 1.25 bits per heavy atom. The monoisotopic (exact) mass is 272 g/mol. The molecule has 106 valence electrons. The fourth-order valence-corrected chi connectivity index (χ4v) is 2.35. The predicted octanol–water partition coefficient (Wildman–Crippen LogP) is 3.93. The van der Waals surface area contributed by atoms with Gasteiger partial charge in [0.15, 0.2) is 0 Å². The van der Waals surface area contributed by atoms with Crippen LogP contribution in [-0.2, 0) is 0 Å². The minimum atomic E-state index is -0.161. The Morgan fingerprint density at radius 2 is 2.05 bits per heavy atom. The molecule has 1 aromatic heterocycles. The van der Waals surface area contributed by atoms with Gasteiger partial charge in [0.05, 0.1) is 6.04 Å². The van der Waals surface area contributed by atoms with Crippen LogP contribution in [0.3, 0.4) is 0 Å². The Bertz CT molecular complexity index is 581. The largest absolute Gasteiger partial charge is 0.306 e. The van der Waals surface area contributed by atoms with E-state index in [1.54, 1.807) is 13.1 Å². The van der Waals surface area contributed by atoms with E-state index in [9.17, 15) is 4.39 Å². The van der Waals surface area contributed by atoms with Gasteiger partial charge in [0.2, 0.25) is 0 Å². The first-order chi connectivity index (χ1) is 9.63. The van der Waals surface area contributed by atoms with Crippen molar-refractivity contribution >= 4 is 0 Å². The van der Waals surface area contributed by atoms with E-state index in [-0.39, 0.29) is 11.9 Å². The highest BCUT2D eigenvalue weighted by Crippen LogP contribution is 2.25. The number of hydrogen-bond donors (Lipinski definition) is 1. The molecule has 3 heteroatoms. The van der Waals surface area contributed by atoms with Crippen LogP contribution in [0.15, 0.2) is 36.5 Å². The third kappa shape index (κ3) is 3.23. The fraction of sp³-hybridized carbons (Fsp3) is 0.353. The molecule has 2 aromatic rings. The zero-order chi connectivity index (χ0) is 14.5. The maximum Gasteiger partial charge on any atom is 0.126 e. The summed E-state index contributed by atoms with van der Waals surface area (Å²) >= 11 is 0. The van der Waals surface area contributed by atoms with Gasteiger partial charge in [-0.2, -0.15) is 0 Å². The lowest BCUT2D eigenvalue weighted by Gasteiger charge is -2.21. The van der Waals surface area contributed by atoms with E-state index >= 15 is 0 Å². The first-order valence-corrected chi connectivity index (χ1v) is 7.04. The molecule has 2 rings (SSSR count). The molecule has 0 amide bonds. The van der Waals surface area contributed by atoms with Crippen LogP contribution in [0, 0.1) is 19.7 Å². The van der Waals surface area contributed by atoms with Crippen molar-refractivity contribution in [3.8, 4) is 0 Å². The Balaban J connectivity index is 2.41. The second-order valence-corrected chi connectivity index (χ2v) is 5.07. The van der Waals surface area contributed by atoms with Crippen LogP contribution in [0.5, 0.6) is 0 Å².